The molecule has 0 aromatic heterocycles. The Labute approximate surface area is 219 Å². The van der Waals surface area contributed by atoms with Crippen molar-refractivity contribution < 1.29 is 0 Å². The summed E-state index contributed by atoms with van der Waals surface area (Å²) >= 11 is 0. The summed E-state index contributed by atoms with van der Waals surface area (Å²) in [5.74, 6) is 0. The van der Waals surface area contributed by atoms with Crippen molar-refractivity contribution in [2.24, 2.45) is 0 Å². The molecule has 0 aliphatic rings. The van der Waals surface area contributed by atoms with Gasteiger partial charge in [-0.1, -0.05) is 213 Å². The second-order valence-corrected chi connectivity index (χ2v) is 11.4. The lowest BCUT2D eigenvalue weighted by atomic mass is 10.0. The van der Waals surface area contributed by atoms with Crippen molar-refractivity contribution in [3.8, 4) is 0 Å². The minimum Gasteiger partial charge on any atom is -0.0654 e. The Hall–Kier alpha value is 0. The van der Waals surface area contributed by atoms with E-state index in [0.29, 0.717) is 0 Å². The van der Waals surface area contributed by atoms with Crippen LogP contribution in [0.3, 0.4) is 0 Å². The topological polar surface area (TPSA) is 0 Å². The summed E-state index contributed by atoms with van der Waals surface area (Å²) in [5, 5.41) is 0. The minimum absolute atomic E-state index is 1.37. The first-order chi connectivity index (χ1) is 16.9. The highest BCUT2D eigenvalue weighted by atomic mass is 14.0. The molecule has 0 N–H and O–H groups in total. The van der Waals surface area contributed by atoms with Crippen molar-refractivity contribution in [3.63, 3.8) is 0 Å². The minimum atomic E-state index is 1.37. The zero-order valence-corrected chi connectivity index (χ0v) is 24.5. The molecule has 0 heterocycles. The first kappa shape index (κ1) is 34.0. The number of hydrogen-bond acceptors (Lipinski definition) is 0. The highest BCUT2D eigenvalue weighted by molar-refractivity contribution is 4.64. The molecule has 0 aliphatic carbocycles. The van der Waals surface area contributed by atoms with Gasteiger partial charge in [-0.3, -0.25) is 0 Å². The summed E-state index contributed by atoms with van der Waals surface area (Å²) in [7, 11) is 0. The van der Waals surface area contributed by atoms with E-state index in [9.17, 15) is 0 Å². The second kappa shape index (κ2) is 33.0. The van der Waals surface area contributed by atoms with Crippen molar-refractivity contribution in [2.45, 2.75) is 213 Å². The van der Waals surface area contributed by atoms with Gasteiger partial charge in [0.15, 0.2) is 0 Å². The molecule has 0 aliphatic heterocycles. The molecule has 0 amide bonds. The van der Waals surface area contributed by atoms with Gasteiger partial charge < -0.3 is 0 Å². The molecule has 0 aromatic carbocycles. The Kier molecular flexibility index (Phi) is 33.0. The van der Waals surface area contributed by atoms with E-state index in [0.717, 1.165) is 0 Å². The fourth-order valence-corrected chi connectivity index (χ4v) is 5.29. The molecule has 0 saturated heterocycles. The maximum Gasteiger partial charge on any atom is -0.0386 e. The SMILES string of the molecule is CCCCCCCCCCCCCC[CH]CCCCCCCCCCCCCCCCCCC. The van der Waals surface area contributed by atoms with Crippen LogP contribution in [-0.4, -0.2) is 0 Å². The standard InChI is InChI=1S/C34H69/c1-3-5-7-9-11-13-15-17-19-21-23-25-27-29-31-33-34-32-30-28-26-24-22-20-18-16-14-12-10-8-6-4-2/h29H,3-28,30-34H2,1-2H3. The molecule has 0 saturated carbocycles. The Bertz CT molecular complexity index is 288. The third kappa shape index (κ3) is 32.0. The monoisotopic (exact) mass is 478 g/mol. The largest absolute Gasteiger partial charge is 0.0654 e. The summed E-state index contributed by atoms with van der Waals surface area (Å²) in [4.78, 5) is 0. The second-order valence-electron chi connectivity index (χ2n) is 11.4. The molecular weight excluding hydrogens is 408 g/mol. The maximum absolute atomic E-state index is 2.58. The van der Waals surface area contributed by atoms with Crippen LogP contribution in [0.4, 0.5) is 0 Å². The van der Waals surface area contributed by atoms with Gasteiger partial charge in [-0.05, 0) is 6.42 Å². The fraction of sp³-hybridized carbons (Fsp3) is 0.971. The van der Waals surface area contributed by atoms with E-state index < -0.39 is 0 Å². The molecule has 0 heteroatoms. The van der Waals surface area contributed by atoms with E-state index in [1.54, 1.807) is 0 Å². The van der Waals surface area contributed by atoms with E-state index in [1.165, 1.54) is 199 Å². The van der Waals surface area contributed by atoms with Gasteiger partial charge in [0.25, 0.3) is 0 Å². The Morgan fingerprint density at radius 3 is 0.618 bits per heavy atom. The van der Waals surface area contributed by atoms with Crippen LogP contribution in [0.15, 0.2) is 0 Å². The van der Waals surface area contributed by atoms with Crippen LogP contribution in [0.2, 0.25) is 0 Å². The zero-order valence-electron chi connectivity index (χ0n) is 24.5. The predicted octanol–water partition coefficient (Wildman–Crippen LogP) is 13.3. The van der Waals surface area contributed by atoms with Crippen molar-refractivity contribution >= 4 is 0 Å². The molecular formula is C34H69. The van der Waals surface area contributed by atoms with E-state index in [2.05, 4.69) is 20.3 Å². The van der Waals surface area contributed by atoms with E-state index >= 15 is 0 Å². The average Bonchev–Trinajstić information content (AvgIpc) is 2.85. The lowest BCUT2D eigenvalue weighted by Gasteiger charge is -2.04. The maximum atomic E-state index is 2.58. The van der Waals surface area contributed by atoms with Gasteiger partial charge in [0.1, 0.15) is 0 Å². The Balaban J connectivity index is 2.99. The van der Waals surface area contributed by atoms with Crippen LogP contribution in [0, 0.1) is 6.42 Å². The molecule has 0 fully saturated rings. The van der Waals surface area contributed by atoms with E-state index in [-0.39, 0.29) is 0 Å². The Morgan fingerprint density at radius 1 is 0.235 bits per heavy atom. The van der Waals surface area contributed by atoms with Crippen molar-refractivity contribution in [1.29, 1.82) is 0 Å². The fourth-order valence-electron chi connectivity index (χ4n) is 5.29. The lowest BCUT2D eigenvalue weighted by molar-refractivity contribution is 0.525. The molecule has 0 atom stereocenters. The summed E-state index contributed by atoms with van der Waals surface area (Å²) in [5.41, 5.74) is 0. The van der Waals surface area contributed by atoms with Crippen LogP contribution < -0.4 is 0 Å². The normalized spacial score (nSPS) is 11.5. The third-order valence-electron chi connectivity index (χ3n) is 7.77. The third-order valence-corrected chi connectivity index (χ3v) is 7.77. The molecule has 0 bridgehead atoms. The zero-order chi connectivity index (χ0) is 24.6. The molecule has 0 spiro atoms. The summed E-state index contributed by atoms with van der Waals surface area (Å²) in [6.45, 7) is 4.61. The predicted molar refractivity (Wildman–Crippen MR) is 159 cm³/mol. The van der Waals surface area contributed by atoms with Gasteiger partial charge in [0, 0.05) is 0 Å². The van der Waals surface area contributed by atoms with Gasteiger partial charge in [0.2, 0.25) is 0 Å². The summed E-state index contributed by atoms with van der Waals surface area (Å²) < 4.78 is 0. The summed E-state index contributed by atoms with van der Waals surface area (Å²) in [6, 6.07) is 0. The molecule has 1 radical (unpaired) electrons. The Morgan fingerprint density at radius 2 is 0.412 bits per heavy atom. The molecule has 0 nitrogen and oxygen atoms in total. The molecule has 205 valence electrons. The van der Waals surface area contributed by atoms with Crippen LogP contribution in [0.1, 0.15) is 213 Å². The lowest BCUT2D eigenvalue weighted by Crippen LogP contribution is -1.85. The molecule has 0 unspecified atom stereocenters. The first-order valence-electron chi connectivity index (χ1n) is 16.7. The highest BCUT2D eigenvalue weighted by Gasteiger charge is 1.97. The first-order valence-corrected chi connectivity index (χ1v) is 16.7. The van der Waals surface area contributed by atoms with Gasteiger partial charge in [0.05, 0.1) is 0 Å². The van der Waals surface area contributed by atoms with Gasteiger partial charge in [-0.25, -0.2) is 0 Å². The number of unbranched alkanes of at least 4 members (excludes halogenated alkanes) is 31. The van der Waals surface area contributed by atoms with Crippen LogP contribution in [-0.2, 0) is 0 Å². The summed E-state index contributed by atoms with van der Waals surface area (Å²) in [6.07, 6.45) is 47.9. The van der Waals surface area contributed by atoms with Crippen LogP contribution in [0.5, 0.6) is 0 Å². The van der Waals surface area contributed by atoms with Crippen molar-refractivity contribution in [2.75, 3.05) is 0 Å². The highest BCUT2D eigenvalue weighted by Crippen LogP contribution is 2.16. The number of rotatable bonds is 31. The quantitative estimate of drug-likeness (QED) is 0.0870. The van der Waals surface area contributed by atoms with E-state index in [1.807, 2.05) is 0 Å². The van der Waals surface area contributed by atoms with Crippen molar-refractivity contribution in [1.82, 2.24) is 0 Å². The van der Waals surface area contributed by atoms with Crippen molar-refractivity contribution in [3.05, 3.63) is 6.42 Å². The molecule has 34 heavy (non-hydrogen) atoms. The molecule has 0 rings (SSSR count). The average molecular weight is 478 g/mol. The van der Waals surface area contributed by atoms with Crippen LogP contribution in [0.25, 0.3) is 0 Å². The molecule has 0 aromatic rings. The van der Waals surface area contributed by atoms with Gasteiger partial charge >= 0.3 is 0 Å². The van der Waals surface area contributed by atoms with Crippen LogP contribution >= 0.6 is 0 Å². The van der Waals surface area contributed by atoms with Gasteiger partial charge in [-0.15, -0.1) is 0 Å². The number of hydrogen-bond donors (Lipinski definition) is 0. The smallest absolute Gasteiger partial charge is 0.0386 e. The van der Waals surface area contributed by atoms with E-state index in [4.69, 9.17) is 0 Å². The van der Waals surface area contributed by atoms with Gasteiger partial charge in [-0.2, -0.15) is 0 Å².